The lowest BCUT2D eigenvalue weighted by atomic mass is 10.1. The number of nitro benzene ring substituents is 1. The van der Waals surface area contributed by atoms with Crippen LogP contribution in [-0.4, -0.2) is 16.5 Å². The van der Waals surface area contributed by atoms with E-state index in [9.17, 15) is 14.9 Å². The third-order valence-corrected chi connectivity index (χ3v) is 4.35. The number of hydrogen-bond acceptors (Lipinski definition) is 4. The number of rotatable bonds is 13. The van der Waals surface area contributed by atoms with Crippen LogP contribution in [0.15, 0.2) is 29.4 Å². The Kier molecular flexibility index (Phi) is 10.9. The molecule has 0 unspecified atom stereocenters. The number of hydrazone groups is 1. The Morgan fingerprint density at radius 1 is 1.00 bits per heavy atom. The van der Waals surface area contributed by atoms with Gasteiger partial charge in [-0.3, -0.25) is 14.9 Å². The predicted octanol–water partition coefficient (Wildman–Crippen LogP) is 5.36. The second-order valence-corrected chi connectivity index (χ2v) is 6.61. The van der Waals surface area contributed by atoms with Crippen molar-refractivity contribution in [2.45, 2.75) is 78.1 Å². The first-order valence-electron chi connectivity index (χ1n) is 9.62. The second-order valence-electron chi connectivity index (χ2n) is 6.61. The van der Waals surface area contributed by atoms with E-state index in [-0.39, 0.29) is 11.6 Å². The number of amides is 1. The molecule has 0 aliphatic carbocycles. The first kappa shape index (κ1) is 21.8. The molecule has 1 N–H and O–H groups in total. The summed E-state index contributed by atoms with van der Waals surface area (Å²) in [7, 11) is 0. The average Bonchev–Trinajstić information content (AvgIpc) is 2.64. The molecule has 1 aromatic rings. The molecule has 0 fully saturated rings. The molecule has 1 aromatic carbocycles. The monoisotopic (exact) mass is 361 g/mol. The molecule has 0 bridgehead atoms. The number of nitro groups is 1. The van der Waals surface area contributed by atoms with E-state index in [2.05, 4.69) is 17.5 Å². The zero-order valence-corrected chi connectivity index (χ0v) is 16.0. The van der Waals surface area contributed by atoms with Gasteiger partial charge < -0.3 is 0 Å². The molecule has 1 amide bonds. The highest BCUT2D eigenvalue weighted by Crippen LogP contribution is 2.13. The zero-order valence-electron chi connectivity index (χ0n) is 16.0. The Hall–Kier alpha value is -2.24. The van der Waals surface area contributed by atoms with Crippen LogP contribution in [-0.2, 0) is 4.79 Å². The Labute approximate surface area is 156 Å². The number of non-ortho nitro benzene ring substituents is 1. The Balaban J connectivity index is 2.18. The summed E-state index contributed by atoms with van der Waals surface area (Å²) in [6, 6.07) is 6.12. The van der Waals surface area contributed by atoms with E-state index in [1.165, 1.54) is 57.1 Å². The first-order valence-corrected chi connectivity index (χ1v) is 9.62. The van der Waals surface area contributed by atoms with Crippen molar-refractivity contribution in [2.24, 2.45) is 5.10 Å². The summed E-state index contributed by atoms with van der Waals surface area (Å²) < 4.78 is 0. The van der Waals surface area contributed by atoms with E-state index in [1.54, 1.807) is 19.1 Å². The standard InChI is InChI=1S/C20H31N3O3/c1-3-4-5-6-7-8-9-10-11-12-20(24)22-21-17(2)18-13-15-19(16-14-18)23(25)26/h13-16H,3-12H2,1-2H3,(H,22,24)/b21-17+. The molecule has 0 saturated carbocycles. The van der Waals surface area contributed by atoms with Crippen LogP contribution in [0.5, 0.6) is 0 Å². The maximum absolute atomic E-state index is 11.8. The molecule has 6 heteroatoms. The fraction of sp³-hybridized carbons (Fsp3) is 0.600. The number of nitrogens with zero attached hydrogens (tertiary/aromatic N) is 2. The first-order chi connectivity index (χ1) is 12.5. The van der Waals surface area contributed by atoms with E-state index in [4.69, 9.17) is 0 Å². The van der Waals surface area contributed by atoms with Crippen LogP contribution in [0.3, 0.4) is 0 Å². The van der Waals surface area contributed by atoms with Gasteiger partial charge >= 0.3 is 0 Å². The quantitative estimate of drug-likeness (QED) is 0.222. The lowest BCUT2D eigenvalue weighted by Crippen LogP contribution is -2.18. The molecule has 26 heavy (non-hydrogen) atoms. The molecule has 0 spiro atoms. The van der Waals surface area contributed by atoms with E-state index >= 15 is 0 Å². The fourth-order valence-corrected chi connectivity index (χ4v) is 2.69. The summed E-state index contributed by atoms with van der Waals surface area (Å²) in [5, 5.41) is 14.7. The van der Waals surface area contributed by atoms with Gasteiger partial charge in [-0.25, -0.2) is 5.43 Å². The van der Waals surface area contributed by atoms with Crippen LogP contribution in [0.1, 0.15) is 83.6 Å². The lowest BCUT2D eigenvalue weighted by molar-refractivity contribution is -0.384. The van der Waals surface area contributed by atoms with Crippen molar-refractivity contribution in [3.63, 3.8) is 0 Å². The number of benzene rings is 1. The van der Waals surface area contributed by atoms with Crippen LogP contribution in [0.25, 0.3) is 0 Å². The molecule has 0 heterocycles. The van der Waals surface area contributed by atoms with Gasteiger partial charge in [-0.2, -0.15) is 5.10 Å². The largest absolute Gasteiger partial charge is 0.273 e. The van der Waals surface area contributed by atoms with Gasteiger partial charge in [0.05, 0.1) is 10.6 Å². The van der Waals surface area contributed by atoms with Gasteiger partial charge in [0.25, 0.3) is 5.69 Å². The van der Waals surface area contributed by atoms with Crippen LogP contribution < -0.4 is 5.43 Å². The van der Waals surface area contributed by atoms with E-state index in [1.807, 2.05) is 0 Å². The molecule has 0 aliphatic rings. The number of carbonyl (C=O) groups is 1. The van der Waals surface area contributed by atoms with Crippen molar-refractivity contribution in [2.75, 3.05) is 0 Å². The highest BCUT2D eigenvalue weighted by atomic mass is 16.6. The third kappa shape index (κ3) is 9.30. The van der Waals surface area contributed by atoms with Gasteiger partial charge in [-0.1, -0.05) is 58.3 Å². The number of nitrogens with one attached hydrogen (secondary N) is 1. The van der Waals surface area contributed by atoms with Gasteiger partial charge in [-0.05, 0) is 31.0 Å². The topological polar surface area (TPSA) is 84.6 Å². The highest BCUT2D eigenvalue weighted by Gasteiger charge is 2.06. The molecule has 1 rings (SSSR count). The van der Waals surface area contributed by atoms with Crippen molar-refractivity contribution in [1.29, 1.82) is 0 Å². The molecule has 0 radical (unpaired) electrons. The molecule has 0 atom stereocenters. The van der Waals surface area contributed by atoms with Crippen LogP contribution in [0.2, 0.25) is 0 Å². The van der Waals surface area contributed by atoms with Crippen LogP contribution >= 0.6 is 0 Å². The van der Waals surface area contributed by atoms with Gasteiger partial charge in [0.1, 0.15) is 0 Å². The van der Waals surface area contributed by atoms with Crippen molar-refractivity contribution in [1.82, 2.24) is 5.43 Å². The molecule has 144 valence electrons. The van der Waals surface area contributed by atoms with Gasteiger partial charge in [0.2, 0.25) is 5.91 Å². The Morgan fingerprint density at radius 2 is 1.54 bits per heavy atom. The maximum Gasteiger partial charge on any atom is 0.269 e. The Morgan fingerprint density at radius 3 is 2.08 bits per heavy atom. The molecule has 0 aromatic heterocycles. The van der Waals surface area contributed by atoms with Gasteiger partial charge in [0, 0.05) is 18.6 Å². The normalized spacial score (nSPS) is 11.4. The minimum absolute atomic E-state index is 0.0379. The maximum atomic E-state index is 11.8. The summed E-state index contributed by atoms with van der Waals surface area (Å²) >= 11 is 0. The van der Waals surface area contributed by atoms with Gasteiger partial charge in [0.15, 0.2) is 0 Å². The lowest BCUT2D eigenvalue weighted by Gasteiger charge is -2.04. The number of unbranched alkanes of at least 4 members (excludes halogenated alkanes) is 8. The van der Waals surface area contributed by atoms with E-state index < -0.39 is 4.92 Å². The summed E-state index contributed by atoms with van der Waals surface area (Å²) in [6.45, 7) is 3.99. The van der Waals surface area contributed by atoms with E-state index in [0.717, 1.165) is 18.4 Å². The molecule has 0 saturated heterocycles. The smallest absolute Gasteiger partial charge is 0.269 e. The molecule has 0 aliphatic heterocycles. The molecular formula is C20H31N3O3. The highest BCUT2D eigenvalue weighted by molar-refractivity contribution is 5.99. The summed E-state index contributed by atoms with van der Waals surface area (Å²) in [4.78, 5) is 22.0. The third-order valence-electron chi connectivity index (χ3n) is 4.35. The van der Waals surface area contributed by atoms with Crippen molar-refractivity contribution in [3.05, 3.63) is 39.9 Å². The predicted molar refractivity (Wildman–Crippen MR) is 105 cm³/mol. The SMILES string of the molecule is CCCCCCCCCCCC(=O)N/N=C(\C)c1ccc([N+](=O)[O-])cc1. The van der Waals surface area contributed by atoms with Crippen molar-refractivity contribution >= 4 is 17.3 Å². The molecule has 6 nitrogen and oxygen atoms in total. The average molecular weight is 361 g/mol. The van der Waals surface area contributed by atoms with Crippen molar-refractivity contribution < 1.29 is 9.72 Å². The fourth-order valence-electron chi connectivity index (χ4n) is 2.69. The number of carbonyl (C=O) groups excluding carboxylic acids is 1. The minimum atomic E-state index is -0.441. The molecular weight excluding hydrogens is 330 g/mol. The second kappa shape index (κ2) is 13.0. The summed E-state index contributed by atoms with van der Waals surface area (Å²) in [5.74, 6) is -0.0887. The van der Waals surface area contributed by atoms with Crippen molar-refractivity contribution in [3.8, 4) is 0 Å². The minimum Gasteiger partial charge on any atom is -0.273 e. The summed E-state index contributed by atoms with van der Waals surface area (Å²) in [6.07, 6.45) is 11.4. The van der Waals surface area contributed by atoms with E-state index in [0.29, 0.717) is 12.1 Å². The number of hydrogen-bond donors (Lipinski definition) is 1. The zero-order chi connectivity index (χ0) is 19.2. The van der Waals surface area contributed by atoms with Crippen LogP contribution in [0.4, 0.5) is 5.69 Å². The Bertz CT molecular complexity index is 582. The van der Waals surface area contributed by atoms with Gasteiger partial charge in [-0.15, -0.1) is 0 Å². The summed E-state index contributed by atoms with van der Waals surface area (Å²) in [5.41, 5.74) is 3.97. The van der Waals surface area contributed by atoms with Crippen LogP contribution in [0, 0.1) is 10.1 Å².